The minimum atomic E-state index is -1.07. The van der Waals surface area contributed by atoms with Crippen molar-refractivity contribution in [3.63, 3.8) is 0 Å². The minimum Gasteiger partial charge on any atom is -0.506 e. The van der Waals surface area contributed by atoms with E-state index in [0.717, 1.165) is 43.6 Å². The number of hydrogen-bond acceptors (Lipinski definition) is 9. The number of hydroxylamine groups is 1. The molecule has 5 amide bonds. The van der Waals surface area contributed by atoms with Gasteiger partial charge < -0.3 is 29.9 Å². The van der Waals surface area contributed by atoms with Gasteiger partial charge in [-0.05, 0) is 93.3 Å². The molecule has 3 saturated heterocycles. The predicted molar refractivity (Wildman–Crippen MR) is 195 cm³/mol. The Morgan fingerprint density at radius 3 is 2.20 bits per heavy atom. The fraction of sp³-hybridized carbons (Fsp3) is 0.543. The first-order valence-corrected chi connectivity index (χ1v) is 19.1. The minimum absolute atomic E-state index is 0.0175. The van der Waals surface area contributed by atoms with E-state index in [1.165, 1.54) is 0 Å². The van der Waals surface area contributed by atoms with Crippen LogP contribution in [-0.2, 0) is 27.2 Å². The summed E-state index contributed by atoms with van der Waals surface area (Å²) < 4.78 is 6.94. The van der Waals surface area contributed by atoms with Crippen molar-refractivity contribution in [2.24, 2.45) is 0 Å². The number of fused-ring (bicyclic) bond motifs is 1. The molecule has 3 fully saturated rings. The summed E-state index contributed by atoms with van der Waals surface area (Å²) in [6.07, 6.45) is 2.25. The zero-order valence-corrected chi connectivity index (χ0v) is 31.6. The number of phenolic OH excluding ortho intramolecular Hbond substituents is 1. The fourth-order valence-corrected chi connectivity index (χ4v) is 8.90. The van der Waals surface area contributed by atoms with Crippen LogP contribution < -0.4 is 10.8 Å². The van der Waals surface area contributed by atoms with E-state index < -0.39 is 18.1 Å². The highest BCUT2D eigenvalue weighted by Crippen LogP contribution is 2.34. The average molecular weight is 836 g/mol. The van der Waals surface area contributed by atoms with Gasteiger partial charge in [-0.15, -0.1) is 0 Å². The molecule has 4 heterocycles. The maximum Gasteiger partial charge on any atom is 0.410 e. The van der Waals surface area contributed by atoms with Crippen molar-refractivity contribution < 1.29 is 34.2 Å². The first-order chi connectivity index (χ1) is 24.6. The van der Waals surface area contributed by atoms with Gasteiger partial charge in [0.05, 0.1) is 15.5 Å². The molecule has 14 nitrogen and oxygen atoms in total. The highest BCUT2D eigenvalue weighted by molar-refractivity contribution is 9.11. The molecule has 0 saturated carbocycles. The second-order valence-electron chi connectivity index (χ2n) is 13.6. The van der Waals surface area contributed by atoms with Gasteiger partial charge in [-0.1, -0.05) is 18.2 Å². The number of halogens is 2. The van der Waals surface area contributed by atoms with Gasteiger partial charge in [0.1, 0.15) is 5.75 Å². The van der Waals surface area contributed by atoms with Crippen LogP contribution in [0, 0.1) is 0 Å². The summed E-state index contributed by atoms with van der Waals surface area (Å²) in [6.45, 7) is 5.45. The van der Waals surface area contributed by atoms with Crippen molar-refractivity contribution >= 4 is 61.5 Å². The van der Waals surface area contributed by atoms with Gasteiger partial charge in [-0.2, -0.15) is 0 Å². The summed E-state index contributed by atoms with van der Waals surface area (Å²) in [4.78, 5) is 62.0. The number of nitrogens with zero attached hydrogens (tertiary/aromatic N) is 5. The number of phenols is 1. The number of benzene rings is 2. The van der Waals surface area contributed by atoms with Gasteiger partial charge >= 0.3 is 12.1 Å². The van der Waals surface area contributed by atoms with E-state index >= 15 is 0 Å². The van der Waals surface area contributed by atoms with E-state index in [-0.39, 0.29) is 36.7 Å². The Morgan fingerprint density at radius 2 is 1.53 bits per heavy atom. The second kappa shape index (κ2) is 16.9. The largest absolute Gasteiger partial charge is 0.506 e. The number of anilines is 1. The van der Waals surface area contributed by atoms with E-state index in [9.17, 15) is 24.3 Å². The summed E-state index contributed by atoms with van der Waals surface area (Å²) in [6, 6.07) is 11.5. The van der Waals surface area contributed by atoms with Gasteiger partial charge in [0, 0.05) is 83.1 Å². The van der Waals surface area contributed by atoms with E-state index in [0.29, 0.717) is 79.2 Å². The number of urea groups is 1. The summed E-state index contributed by atoms with van der Waals surface area (Å²) >= 11 is 6.74. The third kappa shape index (κ3) is 9.14. The average Bonchev–Trinajstić information content (AvgIpc) is 3.31. The molecule has 2 aromatic carbocycles. The number of aromatic hydroxyl groups is 1. The predicted octanol–water partition coefficient (Wildman–Crippen LogP) is 3.63. The molecule has 4 aliphatic heterocycles. The molecular formula is C35H45Br2N7O7. The number of nitrogens with one attached hydrogen (secondary N) is 2. The van der Waals surface area contributed by atoms with Crippen LogP contribution in [0.25, 0.3) is 0 Å². The number of likely N-dealkylation sites (tertiary alicyclic amines) is 2. The molecule has 51 heavy (non-hydrogen) atoms. The van der Waals surface area contributed by atoms with Gasteiger partial charge in [-0.25, -0.2) is 15.1 Å². The number of carbonyl (C=O) groups excluding carboxylic acids is 4. The zero-order valence-electron chi connectivity index (χ0n) is 28.4. The third-order valence-corrected chi connectivity index (χ3v) is 11.7. The molecule has 4 N–H and O–H groups in total. The second-order valence-corrected chi connectivity index (χ2v) is 15.3. The van der Waals surface area contributed by atoms with E-state index in [4.69, 9.17) is 9.94 Å². The Balaban J connectivity index is 1.06. The van der Waals surface area contributed by atoms with Crippen LogP contribution >= 0.6 is 31.9 Å². The molecule has 2 aromatic rings. The van der Waals surface area contributed by atoms with Crippen LogP contribution in [0.2, 0.25) is 0 Å². The van der Waals surface area contributed by atoms with Crippen molar-refractivity contribution in [1.29, 1.82) is 0 Å². The normalized spacial score (nSPS) is 20.3. The number of piperazine rings is 1. The fourth-order valence-electron chi connectivity index (χ4n) is 7.62. The highest BCUT2D eigenvalue weighted by Gasteiger charge is 2.36. The molecule has 276 valence electrons. The number of piperidine rings is 2. The van der Waals surface area contributed by atoms with Crippen molar-refractivity contribution in [3.8, 4) is 5.75 Å². The van der Waals surface area contributed by atoms with Gasteiger partial charge in [0.25, 0.3) is 11.8 Å². The molecule has 0 spiro atoms. The van der Waals surface area contributed by atoms with Crippen LogP contribution in [0.3, 0.4) is 0 Å². The lowest BCUT2D eigenvalue weighted by Gasteiger charge is -2.43. The number of carbonyl (C=O) groups is 4. The van der Waals surface area contributed by atoms with Crippen molar-refractivity contribution in [2.75, 3.05) is 70.8 Å². The Kier molecular flexibility index (Phi) is 12.4. The quantitative estimate of drug-likeness (QED) is 0.230. The number of amides is 5. The number of para-hydroxylation sites is 1. The molecule has 16 heteroatoms. The molecule has 4 aliphatic rings. The highest BCUT2D eigenvalue weighted by atomic mass is 79.9. The Labute approximate surface area is 314 Å². The lowest BCUT2D eigenvalue weighted by molar-refractivity contribution is -0.143. The molecule has 6 rings (SSSR count). The lowest BCUT2D eigenvalue weighted by atomic mass is 10.0. The maximum absolute atomic E-state index is 14.1. The number of ether oxygens (including phenoxy) is 1. The molecule has 1 atom stereocenters. The summed E-state index contributed by atoms with van der Waals surface area (Å²) in [5.74, 6) is -0.633. The van der Waals surface area contributed by atoms with E-state index in [1.54, 1.807) is 27.4 Å². The van der Waals surface area contributed by atoms with Crippen LogP contribution in [-0.4, -0.2) is 142 Å². The monoisotopic (exact) mass is 833 g/mol. The van der Waals surface area contributed by atoms with Crippen molar-refractivity contribution in [1.82, 2.24) is 30.0 Å². The first kappa shape index (κ1) is 37.3. The Bertz CT molecular complexity index is 1570. The molecule has 0 radical (unpaired) electrons. The van der Waals surface area contributed by atoms with Crippen molar-refractivity contribution in [3.05, 3.63) is 56.5 Å². The van der Waals surface area contributed by atoms with Crippen LogP contribution in [0.15, 0.2) is 45.3 Å². The molecule has 0 aromatic heterocycles. The van der Waals surface area contributed by atoms with E-state index in [2.05, 4.69) is 42.1 Å². The summed E-state index contributed by atoms with van der Waals surface area (Å²) in [7, 11) is 0. The Morgan fingerprint density at radius 1 is 0.882 bits per heavy atom. The van der Waals surface area contributed by atoms with Crippen molar-refractivity contribution in [2.45, 2.75) is 56.7 Å². The number of hydrogen-bond donors (Lipinski definition) is 4. The van der Waals surface area contributed by atoms with Gasteiger partial charge in [0.15, 0.2) is 6.10 Å². The standard InChI is InChI=1S/C35H45Br2N7O7/c36-27-19-23(20-28(37)32(27)46)21-30(33(47)42-17-15-41(16-18-42)25-6-10-40(11-7-25)22-31(45)39-50)51-35(49)43-12-8-26(9-13-43)44-14-5-24-3-1-2-4-29(24)38-34(44)48/h1-4,19-20,25-26,30,46,50H,5-18,21-22H2,(H,38,48)(H,39,45)/t30-/m1/s1. The van der Waals surface area contributed by atoms with Crippen LogP contribution in [0.5, 0.6) is 5.75 Å². The summed E-state index contributed by atoms with van der Waals surface area (Å²) in [5, 5.41) is 22.1. The van der Waals surface area contributed by atoms with Gasteiger partial charge in [0.2, 0.25) is 0 Å². The smallest absolute Gasteiger partial charge is 0.410 e. The van der Waals surface area contributed by atoms with Gasteiger partial charge in [-0.3, -0.25) is 24.6 Å². The SMILES string of the molecule is O=C(CN1CCC(N2CCN(C(=O)[C@@H](Cc3cc(Br)c(O)c(Br)c3)OC(=O)N3CCC(N4CCc5ccccc5NC4=O)CC3)CC2)CC1)NO. The molecule has 0 aliphatic carbocycles. The maximum atomic E-state index is 14.1. The third-order valence-electron chi connectivity index (χ3n) is 10.5. The molecular weight excluding hydrogens is 790 g/mol. The Hall–Kier alpha value is -3.44. The zero-order chi connectivity index (χ0) is 36.1. The molecule has 0 unspecified atom stereocenters. The molecule has 0 bridgehead atoms. The van der Waals surface area contributed by atoms with E-state index in [1.807, 2.05) is 34.1 Å². The first-order valence-electron chi connectivity index (χ1n) is 17.6. The number of rotatable bonds is 8. The lowest BCUT2D eigenvalue weighted by Crippen LogP contribution is -2.57. The topological polar surface area (TPSA) is 158 Å². The summed E-state index contributed by atoms with van der Waals surface area (Å²) in [5.41, 5.74) is 4.34. The van der Waals surface area contributed by atoms with Crippen LogP contribution in [0.4, 0.5) is 15.3 Å². The van der Waals surface area contributed by atoms with Crippen LogP contribution in [0.1, 0.15) is 36.8 Å².